The van der Waals surface area contributed by atoms with Crippen molar-refractivity contribution < 1.29 is 23.8 Å². The molecule has 1 aromatic rings. The molecule has 10 nitrogen and oxygen atoms in total. The maximum absolute atomic E-state index is 12.3. The monoisotopic (exact) mass is 401 g/mol. The lowest BCUT2D eigenvalue weighted by molar-refractivity contribution is 0.0496. The molecule has 1 saturated heterocycles. The third kappa shape index (κ3) is 4.68. The molecule has 1 atom stereocenters. The van der Waals surface area contributed by atoms with Crippen LogP contribution in [0.2, 0.25) is 0 Å². The van der Waals surface area contributed by atoms with Crippen molar-refractivity contribution in [1.29, 1.82) is 5.26 Å². The third-order valence-electron chi connectivity index (χ3n) is 4.29. The number of likely N-dealkylation sites (N-methyl/N-ethyl adjacent to an activating group) is 1. The van der Waals surface area contributed by atoms with E-state index in [1.165, 1.54) is 4.90 Å². The second-order valence-electron chi connectivity index (χ2n) is 7.63. The summed E-state index contributed by atoms with van der Waals surface area (Å²) in [4.78, 5) is 31.0. The van der Waals surface area contributed by atoms with Gasteiger partial charge in [0.05, 0.1) is 24.5 Å². The molecular weight excluding hydrogens is 378 g/mol. The summed E-state index contributed by atoms with van der Waals surface area (Å²) in [5.41, 5.74) is 0.753. The predicted molar refractivity (Wildman–Crippen MR) is 105 cm³/mol. The fraction of sp³-hybridized carbons (Fsp3) is 0.474. The minimum absolute atomic E-state index is 0.148. The molecule has 0 aliphatic carbocycles. The molecule has 3 rings (SSSR count). The first-order valence-electron chi connectivity index (χ1n) is 9.09. The van der Waals surface area contributed by atoms with Crippen LogP contribution in [0.25, 0.3) is 0 Å². The molecule has 10 heteroatoms. The van der Waals surface area contributed by atoms with Crippen LogP contribution >= 0.6 is 0 Å². The van der Waals surface area contributed by atoms with Crippen molar-refractivity contribution in [2.75, 3.05) is 36.5 Å². The van der Waals surface area contributed by atoms with Gasteiger partial charge in [-0.15, -0.1) is 0 Å². The lowest BCUT2D eigenvalue weighted by Gasteiger charge is -2.29. The molecule has 0 radical (unpaired) electrons. The number of ether oxygens (including phenoxy) is 3. The number of anilines is 2. The van der Waals surface area contributed by atoms with Gasteiger partial charge >= 0.3 is 12.2 Å². The van der Waals surface area contributed by atoms with Gasteiger partial charge in [0.15, 0.2) is 5.84 Å². The minimum Gasteiger partial charge on any atom is -0.483 e. The molecule has 0 saturated carbocycles. The van der Waals surface area contributed by atoms with E-state index in [9.17, 15) is 9.59 Å². The van der Waals surface area contributed by atoms with E-state index in [2.05, 4.69) is 10.3 Å². The van der Waals surface area contributed by atoms with Crippen LogP contribution in [0, 0.1) is 11.5 Å². The van der Waals surface area contributed by atoms with Crippen LogP contribution in [0.1, 0.15) is 20.8 Å². The molecule has 29 heavy (non-hydrogen) atoms. The minimum atomic E-state index is -0.601. The Morgan fingerprint density at radius 1 is 1.45 bits per heavy atom. The van der Waals surface area contributed by atoms with Crippen LogP contribution < -0.4 is 19.9 Å². The summed E-state index contributed by atoms with van der Waals surface area (Å²) in [5.74, 6) is 1.08. The number of amides is 2. The zero-order chi connectivity index (χ0) is 21.2. The zero-order valence-electron chi connectivity index (χ0n) is 16.8. The van der Waals surface area contributed by atoms with Gasteiger partial charge in [0, 0.05) is 13.1 Å². The van der Waals surface area contributed by atoms with E-state index in [1.807, 2.05) is 0 Å². The quantitative estimate of drug-likeness (QED) is 0.772. The van der Waals surface area contributed by atoms with Gasteiger partial charge in [-0.3, -0.25) is 4.90 Å². The number of cyclic esters (lactones) is 1. The summed E-state index contributed by atoms with van der Waals surface area (Å²) in [5, 5.41) is 11.4. The summed E-state index contributed by atoms with van der Waals surface area (Å²) in [7, 11) is 1.79. The van der Waals surface area contributed by atoms with Crippen LogP contribution in [0.15, 0.2) is 23.2 Å². The summed E-state index contributed by atoms with van der Waals surface area (Å²) in [6, 6.07) is 5.29. The van der Waals surface area contributed by atoms with Gasteiger partial charge in [0.25, 0.3) is 0 Å². The standard InChI is InChI=1S/C19H23N5O5/c1-19(2,3)29-17(25)21-8-13-9-24(18(26)28-13)12-5-6-14-15(7-12)27-10-16(22-11-20)23(14)4/h5-7,13H,8-10H2,1-4H3,(H,21,25)/t13-/m0/s1. The summed E-state index contributed by atoms with van der Waals surface area (Å²) in [6.07, 6.45) is 0.194. The van der Waals surface area contributed by atoms with E-state index in [1.54, 1.807) is 57.1 Å². The first kappa shape index (κ1) is 20.3. The number of rotatable bonds is 3. The van der Waals surface area contributed by atoms with E-state index < -0.39 is 23.9 Å². The molecule has 2 aliphatic heterocycles. The molecule has 0 aromatic heterocycles. The lowest BCUT2D eigenvalue weighted by Crippen LogP contribution is -2.38. The van der Waals surface area contributed by atoms with Crippen molar-refractivity contribution in [2.24, 2.45) is 4.99 Å². The van der Waals surface area contributed by atoms with Gasteiger partial charge in [-0.05, 0) is 32.9 Å². The maximum Gasteiger partial charge on any atom is 0.414 e. The molecule has 2 amide bonds. The zero-order valence-corrected chi connectivity index (χ0v) is 16.8. The Bertz CT molecular complexity index is 886. The van der Waals surface area contributed by atoms with Crippen LogP contribution in [0.5, 0.6) is 5.75 Å². The number of benzene rings is 1. The first-order valence-corrected chi connectivity index (χ1v) is 9.09. The smallest absolute Gasteiger partial charge is 0.414 e. The number of hydrogen-bond donors (Lipinski definition) is 1. The molecule has 0 spiro atoms. The van der Waals surface area contributed by atoms with Crippen molar-refractivity contribution in [3.63, 3.8) is 0 Å². The van der Waals surface area contributed by atoms with Crippen LogP contribution in [-0.2, 0) is 9.47 Å². The van der Waals surface area contributed by atoms with Gasteiger partial charge in [0.2, 0.25) is 6.19 Å². The Hall–Kier alpha value is -3.48. The number of nitrogens with one attached hydrogen (secondary N) is 1. The summed E-state index contributed by atoms with van der Waals surface area (Å²) >= 11 is 0. The third-order valence-corrected chi connectivity index (χ3v) is 4.29. The Morgan fingerprint density at radius 3 is 2.90 bits per heavy atom. The van der Waals surface area contributed by atoms with Gasteiger partial charge < -0.3 is 24.4 Å². The van der Waals surface area contributed by atoms with E-state index in [-0.39, 0.29) is 19.7 Å². The molecule has 2 aliphatic rings. The molecule has 1 N–H and O–H groups in total. The topological polar surface area (TPSA) is 116 Å². The number of aliphatic imine (C=N–C) groups is 1. The summed E-state index contributed by atoms with van der Waals surface area (Å²) < 4.78 is 16.2. The number of fused-ring (bicyclic) bond motifs is 1. The Labute approximate surface area is 168 Å². The van der Waals surface area contributed by atoms with Crippen LogP contribution in [0.3, 0.4) is 0 Å². The number of carbonyl (C=O) groups is 2. The van der Waals surface area contributed by atoms with Crippen molar-refractivity contribution in [3.05, 3.63) is 18.2 Å². The fourth-order valence-electron chi connectivity index (χ4n) is 2.96. The largest absolute Gasteiger partial charge is 0.483 e. The van der Waals surface area contributed by atoms with E-state index in [4.69, 9.17) is 19.5 Å². The van der Waals surface area contributed by atoms with Crippen molar-refractivity contribution in [2.45, 2.75) is 32.5 Å². The molecule has 0 bridgehead atoms. The van der Waals surface area contributed by atoms with Gasteiger partial charge in [-0.1, -0.05) is 0 Å². The van der Waals surface area contributed by atoms with E-state index >= 15 is 0 Å². The highest BCUT2D eigenvalue weighted by Gasteiger charge is 2.34. The molecule has 154 valence electrons. The molecule has 1 aromatic carbocycles. The van der Waals surface area contributed by atoms with Gasteiger partial charge in [-0.25, -0.2) is 9.59 Å². The predicted octanol–water partition coefficient (Wildman–Crippen LogP) is 2.24. The number of nitrogens with zero attached hydrogens (tertiary/aromatic N) is 4. The van der Waals surface area contributed by atoms with Crippen molar-refractivity contribution in [3.8, 4) is 11.9 Å². The second-order valence-corrected chi connectivity index (χ2v) is 7.63. The van der Waals surface area contributed by atoms with Gasteiger partial charge in [0.1, 0.15) is 24.1 Å². The van der Waals surface area contributed by atoms with Crippen LogP contribution in [-0.4, -0.2) is 56.5 Å². The molecule has 1 fully saturated rings. The Balaban J connectivity index is 1.65. The van der Waals surface area contributed by atoms with Crippen LogP contribution in [0.4, 0.5) is 21.0 Å². The molecular formula is C19H23N5O5. The SMILES string of the molecule is CN1C(=NC#N)COc2cc(N3C[C@H](CNC(=O)OC(C)(C)C)OC3=O)ccc21. The molecule has 2 heterocycles. The number of carbonyl (C=O) groups excluding carboxylic acids is 2. The summed E-state index contributed by atoms with van der Waals surface area (Å²) in [6.45, 7) is 5.91. The number of alkyl carbamates (subject to hydrolysis) is 1. The molecule has 0 unspecified atom stereocenters. The average molecular weight is 401 g/mol. The van der Waals surface area contributed by atoms with Crippen molar-refractivity contribution in [1.82, 2.24) is 5.32 Å². The van der Waals surface area contributed by atoms with E-state index in [0.717, 1.165) is 5.69 Å². The normalized spacial score (nSPS) is 19.9. The maximum atomic E-state index is 12.3. The highest BCUT2D eigenvalue weighted by Crippen LogP contribution is 2.36. The fourth-order valence-corrected chi connectivity index (χ4v) is 2.96. The highest BCUT2D eigenvalue weighted by molar-refractivity contribution is 6.02. The first-order chi connectivity index (χ1) is 13.7. The second kappa shape index (κ2) is 7.87. The van der Waals surface area contributed by atoms with Gasteiger partial charge in [-0.2, -0.15) is 10.3 Å². The lowest BCUT2D eigenvalue weighted by atomic mass is 10.2. The Kier molecular flexibility index (Phi) is 5.50. The van der Waals surface area contributed by atoms with E-state index in [0.29, 0.717) is 17.3 Å². The number of amidine groups is 1. The Morgan fingerprint density at radius 2 is 2.21 bits per heavy atom. The number of nitriles is 1. The average Bonchev–Trinajstić information content (AvgIpc) is 3.01. The highest BCUT2D eigenvalue weighted by atomic mass is 16.6. The number of hydrogen-bond acceptors (Lipinski definition) is 7. The van der Waals surface area contributed by atoms with Crippen molar-refractivity contribution >= 4 is 29.4 Å².